The standard InChI is InChI=1S/C17H13BrN2O4/c1-2-24-14-6-3-9(18)7-13(14)17(23)19-10-4-5-11-12(8-10)16(22)20-15(11)21/h3-8H,2H2,1H3,(H,19,23)(H,20,21,22). The number of carbonyl (C=O) groups excluding carboxylic acids is 3. The third kappa shape index (κ3) is 3.03. The maximum atomic E-state index is 12.5. The summed E-state index contributed by atoms with van der Waals surface area (Å²) < 4.78 is 6.21. The molecule has 2 aromatic rings. The van der Waals surface area contributed by atoms with Crippen LogP contribution in [0.2, 0.25) is 0 Å². The number of halogens is 1. The van der Waals surface area contributed by atoms with E-state index in [1.165, 1.54) is 12.1 Å². The summed E-state index contributed by atoms with van der Waals surface area (Å²) in [6.45, 7) is 2.27. The van der Waals surface area contributed by atoms with Crippen LogP contribution in [0, 0.1) is 0 Å². The van der Waals surface area contributed by atoms with Crippen molar-refractivity contribution in [3.63, 3.8) is 0 Å². The SMILES string of the molecule is CCOc1ccc(Br)cc1C(=O)Nc1ccc2c(c1)C(=O)NC2=O. The van der Waals surface area contributed by atoms with E-state index in [1.54, 1.807) is 24.3 Å². The number of hydrogen-bond donors (Lipinski definition) is 2. The van der Waals surface area contributed by atoms with E-state index >= 15 is 0 Å². The highest BCUT2D eigenvalue weighted by atomic mass is 79.9. The van der Waals surface area contributed by atoms with Crippen LogP contribution in [0.4, 0.5) is 5.69 Å². The molecule has 0 fully saturated rings. The molecule has 2 aromatic carbocycles. The molecule has 3 rings (SSSR count). The number of nitrogens with one attached hydrogen (secondary N) is 2. The van der Waals surface area contributed by atoms with Gasteiger partial charge in [0.25, 0.3) is 17.7 Å². The van der Waals surface area contributed by atoms with Crippen LogP contribution in [-0.4, -0.2) is 24.3 Å². The minimum Gasteiger partial charge on any atom is -0.493 e. The maximum Gasteiger partial charge on any atom is 0.259 e. The zero-order valence-corrected chi connectivity index (χ0v) is 14.3. The molecule has 6 nitrogen and oxygen atoms in total. The normalized spacial score (nSPS) is 12.6. The molecule has 1 heterocycles. The van der Waals surface area contributed by atoms with Gasteiger partial charge < -0.3 is 10.1 Å². The number of amides is 3. The first kappa shape index (κ1) is 16.2. The molecule has 0 saturated heterocycles. The molecule has 2 N–H and O–H groups in total. The van der Waals surface area contributed by atoms with Crippen molar-refractivity contribution in [2.75, 3.05) is 11.9 Å². The molecule has 0 radical (unpaired) electrons. The summed E-state index contributed by atoms with van der Waals surface area (Å²) in [6.07, 6.45) is 0. The predicted molar refractivity (Wildman–Crippen MR) is 91.5 cm³/mol. The van der Waals surface area contributed by atoms with Crippen molar-refractivity contribution >= 4 is 39.3 Å². The average molecular weight is 389 g/mol. The van der Waals surface area contributed by atoms with E-state index in [4.69, 9.17) is 4.74 Å². The van der Waals surface area contributed by atoms with Crippen molar-refractivity contribution in [2.45, 2.75) is 6.92 Å². The number of hydrogen-bond acceptors (Lipinski definition) is 4. The van der Waals surface area contributed by atoms with Crippen LogP contribution in [0.5, 0.6) is 5.75 Å². The Kier molecular flexibility index (Phi) is 4.35. The number of anilines is 1. The average Bonchev–Trinajstić information content (AvgIpc) is 2.83. The zero-order chi connectivity index (χ0) is 17.3. The molecule has 7 heteroatoms. The van der Waals surface area contributed by atoms with Crippen molar-refractivity contribution in [1.29, 1.82) is 0 Å². The molecule has 3 amide bonds. The number of benzene rings is 2. The molecular weight excluding hydrogens is 376 g/mol. The van der Waals surface area contributed by atoms with Crippen molar-refractivity contribution in [1.82, 2.24) is 5.32 Å². The number of rotatable bonds is 4. The molecule has 0 spiro atoms. The van der Waals surface area contributed by atoms with Crippen molar-refractivity contribution in [3.8, 4) is 5.75 Å². The number of ether oxygens (including phenoxy) is 1. The van der Waals surface area contributed by atoms with Gasteiger partial charge in [-0.25, -0.2) is 0 Å². The van der Waals surface area contributed by atoms with E-state index in [0.29, 0.717) is 29.2 Å². The van der Waals surface area contributed by atoms with E-state index in [9.17, 15) is 14.4 Å². The van der Waals surface area contributed by atoms with Crippen LogP contribution in [0.25, 0.3) is 0 Å². The first-order chi connectivity index (χ1) is 11.5. The Balaban J connectivity index is 1.89. The quantitative estimate of drug-likeness (QED) is 0.788. The second-order valence-corrected chi connectivity index (χ2v) is 5.99. The Morgan fingerprint density at radius 3 is 2.62 bits per heavy atom. The lowest BCUT2D eigenvalue weighted by molar-refractivity contribution is 0.0878. The minimum atomic E-state index is -0.469. The smallest absolute Gasteiger partial charge is 0.259 e. The summed E-state index contributed by atoms with van der Waals surface area (Å²) in [4.78, 5) is 35.8. The Morgan fingerprint density at radius 2 is 1.88 bits per heavy atom. The van der Waals surface area contributed by atoms with E-state index in [2.05, 4.69) is 26.6 Å². The third-order valence-electron chi connectivity index (χ3n) is 3.48. The lowest BCUT2D eigenvalue weighted by atomic mass is 10.1. The summed E-state index contributed by atoms with van der Waals surface area (Å²) in [6, 6.07) is 9.71. The molecule has 24 heavy (non-hydrogen) atoms. The van der Waals surface area contributed by atoms with Crippen LogP contribution in [0.3, 0.4) is 0 Å². The monoisotopic (exact) mass is 388 g/mol. The Morgan fingerprint density at radius 1 is 1.12 bits per heavy atom. The molecule has 0 bridgehead atoms. The van der Waals surface area contributed by atoms with Crippen LogP contribution in [-0.2, 0) is 0 Å². The fourth-order valence-electron chi connectivity index (χ4n) is 2.41. The summed E-state index contributed by atoms with van der Waals surface area (Å²) in [5.74, 6) is -0.807. The van der Waals surface area contributed by atoms with Gasteiger partial charge in [0.05, 0.1) is 23.3 Å². The van der Waals surface area contributed by atoms with Gasteiger partial charge in [-0.1, -0.05) is 15.9 Å². The minimum absolute atomic E-state index is 0.247. The van der Waals surface area contributed by atoms with Crippen LogP contribution >= 0.6 is 15.9 Å². The highest BCUT2D eigenvalue weighted by Gasteiger charge is 2.27. The fraction of sp³-hybridized carbons (Fsp3) is 0.118. The van der Waals surface area contributed by atoms with E-state index in [1.807, 2.05) is 6.92 Å². The second-order valence-electron chi connectivity index (χ2n) is 5.07. The van der Waals surface area contributed by atoms with Gasteiger partial charge in [0.1, 0.15) is 5.75 Å². The zero-order valence-electron chi connectivity index (χ0n) is 12.7. The Hall–Kier alpha value is -2.67. The van der Waals surface area contributed by atoms with Gasteiger partial charge in [-0.05, 0) is 43.3 Å². The van der Waals surface area contributed by atoms with Crippen LogP contribution in [0.1, 0.15) is 38.0 Å². The van der Waals surface area contributed by atoms with Crippen LogP contribution in [0.15, 0.2) is 40.9 Å². The molecule has 0 saturated carbocycles. The summed E-state index contributed by atoms with van der Waals surface area (Å²) >= 11 is 3.33. The molecule has 0 aliphatic carbocycles. The summed E-state index contributed by atoms with van der Waals surface area (Å²) in [5, 5.41) is 4.93. The largest absolute Gasteiger partial charge is 0.493 e. The van der Waals surface area contributed by atoms with Gasteiger partial charge in [-0.2, -0.15) is 0 Å². The van der Waals surface area contributed by atoms with Gasteiger partial charge in [-0.15, -0.1) is 0 Å². The Bertz CT molecular complexity index is 864. The van der Waals surface area contributed by atoms with Gasteiger partial charge in [0.2, 0.25) is 0 Å². The van der Waals surface area contributed by atoms with Crippen molar-refractivity contribution in [3.05, 3.63) is 57.6 Å². The number of carbonyl (C=O) groups is 3. The highest BCUT2D eigenvalue weighted by molar-refractivity contribution is 9.10. The van der Waals surface area contributed by atoms with Crippen molar-refractivity contribution in [2.24, 2.45) is 0 Å². The lowest BCUT2D eigenvalue weighted by Crippen LogP contribution is -2.19. The second kappa shape index (κ2) is 6.45. The van der Waals surface area contributed by atoms with Crippen molar-refractivity contribution < 1.29 is 19.1 Å². The molecule has 1 aliphatic heterocycles. The molecule has 0 atom stereocenters. The third-order valence-corrected chi connectivity index (χ3v) is 3.97. The highest BCUT2D eigenvalue weighted by Crippen LogP contribution is 2.25. The fourth-order valence-corrected chi connectivity index (χ4v) is 2.77. The lowest BCUT2D eigenvalue weighted by Gasteiger charge is -2.11. The summed E-state index contributed by atoms with van der Waals surface area (Å²) in [5.41, 5.74) is 1.34. The number of fused-ring (bicyclic) bond motifs is 1. The molecule has 1 aliphatic rings. The maximum absolute atomic E-state index is 12.5. The first-order valence-electron chi connectivity index (χ1n) is 7.23. The topological polar surface area (TPSA) is 84.5 Å². The molecule has 0 aromatic heterocycles. The van der Waals surface area contributed by atoms with Crippen LogP contribution < -0.4 is 15.4 Å². The van der Waals surface area contributed by atoms with Gasteiger partial charge in [0, 0.05) is 10.2 Å². The molecular formula is C17H13BrN2O4. The summed E-state index contributed by atoms with van der Waals surface area (Å²) in [7, 11) is 0. The Labute approximate surface area is 146 Å². The number of imide groups is 1. The molecule has 0 unspecified atom stereocenters. The van der Waals surface area contributed by atoms with E-state index in [-0.39, 0.29) is 11.5 Å². The van der Waals surface area contributed by atoms with Gasteiger partial charge >= 0.3 is 0 Å². The van der Waals surface area contributed by atoms with Gasteiger partial charge in [0.15, 0.2) is 0 Å². The van der Waals surface area contributed by atoms with E-state index < -0.39 is 11.8 Å². The molecule has 122 valence electrons. The van der Waals surface area contributed by atoms with E-state index in [0.717, 1.165) is 4.47 Å². The predicted octanol–water partition coefficient (Wildman–Crippen LogP) is 2.98. The van der Waals surface area contributed by atoms with Gasteiger partial charge in [-0.3, -0.25) is 19.7 Å². The first-order valence-corrected chi connectivity index (χ1v) is 8.02.